The molecule has 0 bridgehead atoms. The highest BCUT2D eigenvalue weighted by Crippen LogP contribution is 2.50. The summed E-state index contributed by atoms with van der Waals surface area (Å²) in [5, 5.41) is 10.1. The van der Waals surface area contributed by atoms with Crippen LogP contribution in [-0.4, -0.2) is 60.9 Å². The number of urea groups is 1. The van der Waals surface area contributed by atoms with Crippen molar-refractivity contribution >= 4 is 28.8 Å². The quantitative estimate of drug-likeness (QED) is 0.398. The first-order valence-electron chi connectivity index (χ1n) is 11.1. The van der Waals surface area contributed by atoms with E-state index in [9.17, 15) is 13.6 Å². The van der Waals surface area contributed by atoms with Gasteiger partial charge in [0.15, 0.2) is 0 Å². The van der Waals surface area contributed by atoms with Crippen LogP contribution in [0.1, 0.15) is 24.0 Å². The summed E-state index contributed by atoms with van der Waals surface area (Å²) < 4.78 is 28.7. The van der Waals surface area contributed by atoms with Gasteiger partial charge in [-0.3, -0.25) is 15.3 Å². The molecule has 2 aromatic rings. The number of benzene rings is 2. The number of nitrogens with one attached hydrogen (secondary N) is 3. The fraction of sp³-hybridized carbons (Fsp3) is 0.348. The Morgan fingerprint density at radius 3 is 2.80 bits per heavy atom. The van der Waals surface area contributed by atoms with Crippen LogP contribution in [0.5, 0.6) is 0 Å². The van der Waals surface area contributed by atoms with Crippen molar-refractivity contribution in [3.05, 3.63) is 71.3 Å². The van der Waals surface area contributed by atoms with Gasteiger partial charge in [-0.05, 0) is 30.2 Å². The van der Waals surface area contributed by atoms with Gasteiger partial charge >= 0.3 is 6.03 Å². The van der Waals surface area contributed by atoms with E-state index in [0.29, 0.717) is 18.9 Å². The van der Waals surface area contributed by atoms with Crippen molar-refractivity contribution in [3.8, 4) is 0 Å². The Balaban J connectivity index is 1.68. The molecule has 0 fully saturated rings. The third-order valence-corrected chi connectivity index (χ3v) is 7.04. The maximum absolute atomic E-state index is 14.7. The summed E-state index contributed by atoms with van der Waals surface area (Å²) >= 11 is 1.19. The number of hydrogen-bond donors (Lipinski definition) is 3. The fourth-order valence-electron chi connectivity index (χ4n) is 3.75. The predicted octanol–water partition coefficient (Wildman–Crippen LogP) is 2.98. The molecule has 2 aromatic carbocycles. The van der Waals surface area contributed by atoms with Gasteiger partial charge in [-0.15, -0.1) is 0 Å². The van der Waals surface area contributed by atoms with Gasteiger partial charge in [-0.2, -0.15) is 10.1 Å². The highest BCUT2D eigenvalue weighted by molar-refractivity contribution is 8.15. The lowest BCUT2D eigenvalue weighted by molar-refractivity contribution is -0.0805. The average Bonchev–Trinajstić information content (AvgIpc) is 3.28. The lowest BCUT2D eigenvalue weighted by atomic mass is 10.0. The van der Waals surface area contributed by atoms with Gasteiger partial charge < -0.3 is 5.32 Å². The number of amides is 2. The van der Waals surface area contributed by atoms with E-state index in [1.165, 1.54) is 30.9 Å². The zero-order chi connectivity index (χ0) is 24.8. The largest absolute Gasteiger partial charge is 0.365 e. The van der Waals surface area contributed by atoms with Crippen molar-refractivity contribution in [1.29, 1.82) is 0 Å². The molecule has 2 amide bonds. The second kappa shape index (κ2) is 11.0. The summed E-state index contributed by atoms with van der Waals surface area (Å²) in [6.45, 7) is 1.97. The first-order valence-corrected chi connectivity index (χ1v) is 11.9. The van der Waals surface area contributed by atoms with Crippen LogP contribution in [0, 0.1) is 11.6 Å². The Kier molecular flexibility index (Phi) is 7.83. The lowest BCUT2D eigenvalue weighted by Crippen LogP contribution is -2.51. The van der Waals surface area contributed by atoms with E-state index in [2.05, 4.69) is 26.3 Å². The van der Waals surface area contributed by atoms with Crippen LogP contribution in [0.4, 0.5) is 13.6 Å². The molecule has 0 radical (unpaired) electrons. The van der Waals surface area contributed by atoms with Crippen molar-refractivity contribution in [2.75, 3.05) is 33.8 Å². The summed E-state index contributed by atoms with van der Waals surface area (Å²) in [5.74, 6) is -0.578. The molecule has 4 rings (SSSR count). The number of carbonyl (C=O) groups excluding carboxylic acids is 1. The van der Waals surface area contributed by atoms with Crippen molar-refractivity contribution in [1.82, 2.24) is 26.2 Å². The van der Waals surface area contributed by atoms with Gasteiger partial charge in [-0.25, -0.2) is 24.1 Å². The van der Waals surface area contributed by atoms with Crippen LogP contribution < -0.4 is 16.2 Å². The van der Waals surface area contributed by atoms with E-state index >= 15 is 0 Å². The number of rotatable bonds is 7. The minimum absolute atomic E-state index is 0.0162. The predicted molar refractivity (Wildman–Crippen MR) is 131 cm³/mol. The Morgan fingerprint density at radius 2 is 2.09 bits per heavy atom. The van der Waals surface area contributed by atoms with Crippen molar-refractivity contribution < 1.29 is 18.4 Å². The van der Waals surface area contributed by atoms with Crippen molar-refractivity contribution in [2.24, 2.45) is 10.1 Å². The number of hydrazone groups is 1. The lowest BCUT2D eigenvalue weighted by Gasteiger charge is -2.37. The van der Waals surface area contributed by atoms with Crippen LogP contribution in [0.25, 0.3) is 0 Å². The Bertz CT molecular complexity index is 1120. The molecule has 0 spiro atoms. The highest BCUT2D eigenvalue weighted by Gasteiger charge is 2.49. The van der Waals surface area contributed by atoms with E-state index in [-0.39, 0.29) is 10.6 Å². The van der Waals surface area contributed by atoms with E-state index in [1.807, 2.05) is 30.3 Å². The Morgan fingerprint density at radius 1 is 1.29 bits per heavy atom. The number of hydroxylamine groups is 2. The van der Waals surface area contributed by atoms with Crippen LogP contribution >= 0.6 is 11.8 Å². The highest BCUT2D eigenvalue weighted by atomic mass is 32.2. The van der Waals surface area contributed by atoms with Crippen LogP contribution in [0.2, 0.25) is 0 Å². The maximum atomic E-state index is 14.7. The molecule has 0 saturated carbocycles. The minimum atomic E-state index is -1.06. The number of thioether (sulfide) groups is 1. The second-order valence-corrected chi connectivity index (χ2v) is 9.13. The SMILES string of the molecule is CON(C)C(=O)N1N=C(c2cc(F)ccc2F)SC1(CCNNC1=NCCCN1)c1ccccc1. The molecule has 3 N–H and O–H groups in total. The summed E-state index contributed by atoms with van der Waals surface area (Å²) in [7, 11) is 2.83. The third kappa shape index (κ3) is 5.39. The number of hydrazine groups is 1. The fourth-order valence-corrected chi connectivity index (χ4v) is 5.12. The minimum Gasteiger partial charge on any atom is -0.355 e. The first-order chi connectivity index (χ1) is 16.9. The summed E-state index contributed by atoms with van der Waals surface area (Å²) in [5.41, 5.74) is 6.93. The van der Waals surface area contributed by atoms with Gasteiger partial charge in [-0.1, -0.05) is 42.1 Å². The van der Waals surface area contributed by atoms with Gasteiger partial charge in [0.25, 0.3) is 0 Å². The third-order valence-electron chi connectivity index (χ3n) is 5.60. The second-order valence-electron chi connectivity index (χ2n) is 7.87. The number of nitrogens with zero attached hydrogens (tertiary/aromatic N) is 4. The van der Waals surface area contributed by atoms with E-state index < -0.39 is 22.5 Å². The molecule has 2 aliphatic heterocycles. The topological polar surface area (TPSA) is 93.6 Å². The van der Waals surface area contributed by atoms with Crippen molar-refractivity contribution in [3.63, 3.8) is 0 Å². The standard InChI is InChI=1S/C23H27F2N7O2S/c1-31(34-2)22(33)32-23(16-7-4-3-5-8-16,11-14-28-29-21-26-12-6-13-27-21)35-20(30-32)18-15-17(24)9-10-19(18)25/h3-5,7-10,15,28H,6,11-14H2,1-2H3,(H2,26,27,29). The summed E-state index contributed by atoms with van der Waals surface area (Å²) in [6, 6.07) is 11.9. The zero-order valence-electron chi connectivity index (χ0n) is 19.4. The van der Waals surface area contributed by atoms with Gasteiger partial charge in [0.1, 0.15) is 21.5 Å². The zero-order valence-corrected chi connectivity index (χ0v) is 20.2. The first kappa shape index (κ1) is 24.9. The molecule has 2 aliphatic rings. The van der Waals surface area contributed by atoms with Crippen molar-refractivity contribution in [2.45, 2.75) is 17.7 Å². The molecule has 186 valence electrons. The number of aliphatic imine (C=N–C) groups is 1. The molecule has 12 heteroatoms. The van der Waals surface area contributed by atoms with Gasteiger partial charge in [0, 0.05) is 38.7 Å². The van der Waals surface area contributed by atoms with Gasteiger partial charge in [0.2, 0.25) is 5.96 Å². The number of halogens is 2. The molecular weight excluding hydrogens is 476 g/mol. The smallest absolute Gasteiger partial charge is 0.355 e. The monoisotopic (exact) mass is 503 g/mol. The molecule has 0 aliphatic carbocycles. The number of carbonyl (C=O) groups is 1. The Labute approximate surface area is 206 Å². The molecule has 1 atom stereocenters. The molecule has 0 aromatic heterocycles. The number of guanidine groups is 1. The molecule has 35 heavy (non-hydrogen) atoms. The van der Waals surface area contributed by atoms with Crippen LogP contribution in [0.15, 0.2) is 58.6 Å². The maximum Gasteiger partial charge on any atom is 0.365 e. The van der Waals surface area contributed by atoms with Gasteiger partial charge in [0.05, 0.1) is 7.11 Å². The molecule has 0 saturated heterocycles. The normalized spacial score (nSPS) is 19.6. The molecular formula is C23H27F2N7O2S. The Hall–Kier alpha value is -3.22. The van der Waals surface area contributed by atoms with Crippen LogP contribution in [-0.2, 0) is 9.71 Å². The van der Waals surface area contributed by atoms with Crippen LogP contribution in [0.3, 0.4) is 0 Å². The summed E-state index contributed by atoms with van der Waals surface area (Å²) in [6.07, 6.45) is 1.34. The number of hydrogen-bond acceptors (Lipinski definition) is 8. The van der Waals surface area contributed by atoms with E-state index in [4.69, 9.17) is 4.84 Å². The molecule has 2 heterocycles. The average molecular weight is 504 g/mol. The summed E-state index contributed by atoms with van der Waals surface area (Å²) in [4.78, 5) is 21.8. The van der Waals surface area contributed by atoms with E-state index in [1.54, 1.807) is 0 Å². The molecule has 1 unspecified atom stereocenters. The molecule has 9 nitrogen and oxygen atoms in total. The van der Waals surface area contributed by atoms with E-state index in [0.717, 1.165) is 48.3 Å².